The molecule has 0 spiro atoms. The number of nitrogens with zero attached hydrogens (tertiary/aromatic N) is 3. The molecule has 9 heteroatoms. The maximum Gasteiger partial charge on any atom is 0.346 e. The average molecular weight is 320 g/mol. The lowest BCUT2D eigenvalue weighted by Crippen LogP contribution is -2.04. The second-order valence-electron chi connectivity index (χ2n) is 4.07. The molecule has 0 atom stereocenters. The summed E-state index contributed by atoms with van der Waals surface area (Å²) in [5.41, 5.74) is 0.363. The van der Waals surface area contributed by atoms with Crippen molar-refractivity contribution in [3.8, 4) is 0 Å². The molecule has 106 valence electrons. The molecule has 3 heterocycles. The Morgan fingerprint density at radius 3 is 2.90 bits per heavy atom. The van der Waals surface area contributed by atoms with Crippen LogP contribution >= 0.6 is 23.1 Å². The number of carboxylic acids is 1. The number of nitrogens with one attached hydrogen (secondary N) is 1. The van der Waals surface area contributed by atoms with Gasteiger partial charge in [-0.25, -0.2) is 19.7 Å². The number of aromatic carboxylic acids is 1. The highest BCUT2D eigenvalue weighted by atomic mass is 32.2. The van der Waals surface area contributed by atoms with Gasteiger partial charge >= 0.3 is 5.97 Å². The van der Waals surface area contributed by atoms with Crippen molar-refractivity contribution in [1.82, 2.24) is 19.9 Å². The fourth-order valence-corrected chi connectivity index (χ4v) is 3.80. The predicted octanol–water partition coefficient (Wildman–Crippen LogP) is 1.93. The minimum atomic E-state index is -0.985. The molecule has 0 amide bonds. The van der Waals surface area contributed by atoms with E-state index in [0.29, 0.717) is 25.8 Å². The molecular weight excluding hydrogens is 312 g/mol. The average Bonchev–Trinajstić information content (AvgIpc) is 2.77. The van der Waals surface area contributed by atoms with Crippen LogP contribution in [0.4, 0.5) is 0 Å². The summed E-state index contributed by atoms with van der Waals surface area (Å²) in [5.74, 6) is -0.985. The van der Waals surface area contributed by atoms with E-state index in [-0.39, 0.29) is 10.4 Å². The van der Waals surface area contributed by atoms with Gasteiger partial charge in [0, 0.05) is 11.5 Å². The zero-order valence-corrected chi connectivity index (χ0v) is 12.3. The van der Waals surface area contributed by atoms with Gasteiger partial charge < -0.3 is 10.1 Å². The van der Waals surface area contributed by atoms with E-state index in [0.717, 1.165) is 11.3 Å². The first-order chi connectivity index (χ1) is 10.1. The summed E-state index contributed by atoms with van der Waals surface area (Å²) in [5, 5.41) is 10.9. The summed E-state index contributed by atoms with van der Waals surface area (Å²) in [6.07, 6.45) is 2.69. The molecule has 3 aromatic heterocycles. The molecule has 0 fully saturated rings. The lowest BCUT2D eigenvalue weighted by Gasteiger charge is -2.01. The van der Waals surface area contributed by atoms with Crippen molar-refractivity contribution in [2.45, 2.75) is 17.0 Å². The molecule has 0 aliphatic carbocycles. The number of aromatic amines is 1. The molecule has 2 N–H and O–H groups in total. The first-order valence-electron chi connectivity index (χ1n) is 5.76. The fraction of sp³-hybridized carbons (Fsp3) is 0.0833. The molecule has 0 saturated carbocycles. The molecule has 0 aromatic carbocycles. The molecule has 3 rings (SSSR count). The van der Waals surface area contributed by atoms with Gasteiger partial charge in [0.2, 0.25) is 0 Å². The second-order valence-corrected chi connectivity index (χ2v) is 6.08. The van der Waals surface area contributed by atoms with Crippen LogP contribution in [-0.4, -0.2) is 31.0 Å². The molecule has 3 aromatic rings. The molecular formula is C12H8N4O3S2. The number of carboxylic acid groups (broad SMARTS) is 1. The molecule has 0 aliphatic heterocycles. The highest BCUT2D eigenvalue weighted by Crippen LogP contribution is 2.36. The van der Waals surface area contributed by atoms with Crippen LogP contribution in [0.2, 0.25) is 0 Å². The predicted molar refractivity (Wildman–Crippen MR) is 78.1 cm³/mol. The molecule has 0 saturated heterocycles. The summed E-state index contributed by atoms with van der Waals surface area (Å²) in [6.45, 7) is 1.72. The first kappa shape index (κ1) is 13.7. The number of carbonyl (C=O) groups is 1. The van der Waals surface area contributed by atoms with Gasteiger partial charge in [-0.3, -0.25) is 4.79 Å². The third-order valence-electron chi connectivity index (χ3n) is 2.74. The SMILES string of the molecule is Cc1c(C(=O)O)sc2ncnc(Sc3cc(=O)[nH]cn3)c12. The smallest absolute Gasteiger partial charge is 0.346 e. The van der Waals surface area contributed by atoms with Crippen molar-refractivity contribution in [3.63, 3.8) is 0 Å². The maximum atomic E-state index is 11.3. The molecule has 0 bridgehead atoms. The van der Waals surface area contributed by atoms with Gasteiger partial charge in [-0.05, 0) is 24.2 Å². The van der Waals surface area contributed by atoms with Crippen LogP contribution in [-0.2, 0) is 0 Å². The Bertz CT molecular complexity index is 903. The standard InChI is InChI=1S/C12H8N4O3S2/c1-5-8-10(20-7-2-6(17)13-3-14-7)15-4-16-11(8)21-9(5)12(18)19/h2-4H,1H3,(H,18,19)(H,13,14,17). The van der Waals surface area contributed by atoms with Gasteiger partial charge in [-0.2, -0.15) is 0 Å². The van der Waals surface area contributed by atoms with E-state index in [9.17, 15) is 14.7 Å². The van der Waals surface area contributed by atoms with Crippen LogP contribution < -0.4 is 5.56 Å². The lowest BCUT2D eigenvalue weighted by molar-refractivity contribution is 0.0701. The Hall–Kier alpha value is -2.26. The van der Waals surface area contributed by atoms with Gasteiger partial charge in [-0.15, -0.1) is 11.3 Å². The van der Waals surface area contributed by atoms with Crippen molar-refractivity contribution in [2.24, 2.45) is 0 Å². The number of H-pyrrole nitrogens is 1. The van der Waals surface area contributed by atoms with Crippen molar-refractivity contribution < 1.29 is 9.90 Å². The van der Waals surface area contributed by atoms with E-state index in [1.54, 1.807) is 6.92 Å². The summed E-state index contributed by atoms with van der Waals surface area (Å²) < 4.78 is 0. The van der Waals surface area contributed by atoms with Crippen LogP contribution in [0.3, 0.4) is 0 Å². The highest BCUT2D eigenvalue weighted by Gasteiger charge is 2.19. The normalized spacial score (nSPS) is 10.9. The van der Waals surface area contributed by atoms with Crippen molar-refractivity contribution in [2.75, 3.05) is 0 Å². The van der Waals surface area contributed by atoms with Gasteiger partial charge in [0.1, 0.15) is 26.1 Å². The monoisotopic (exact) mass is 320 g/mol. The largest absolute Gasteiger partial charge is 0.477 e. The Morgan fingerprint density at radius 1 is 1.38 bits per heavy atom. The van der Waals surface area contributed by atoms with E-state index in [2.05, 4.69) is 19.9 Å². The second kappa shape index (κ2) is 5.26. The zero-order valence-electron chi connectivity index (χ0n) is 10.7. The van der Waals surface area contributed by atoms with Gasteiger partial charge in [0.25, 0.3) is 5.56 Å². The third-order valence-corrected chi connectivity index (χ3v) is 4.86. The fourth-order valence-electron chi connectivity index (χ4n) is 1.83. The number of hydrogen-bond acceptors (Lipinski definition) is 7. The number of thiophene rings is 1. The van der Waals surface area contributed by atoms with E-state index >= 15 is 0 Å². The van der Waals surface area contributed by atoms with Gasteiger partial charge in [0.05, 0.1) is 6.33 Å². The zero-order chi connectivity index (χ0) is 15.0. The minimum absolute atomic E-state index is 0.242. The van der Waals surface area contributed by atoms with Crippen molar-refractivity contribution in [3.05, 3.63) is 39.5 Å². The van der Waals surface area contributed by atoms with E-state index in [1.807, 2.05) is 0 Å². The van der Waals surface area contributed by atoms with E-state index < -0.39 is 5.97 Å². The molecule has 0 unspecified atom stereocenters. The molecule has 21 heavy (non-hydrogen) atoms. The Labute approximate surface area is 126 Å². The highest BCUT2D eigenvalue weighted by molar-refractivity contribution is 7.99. The molecule has 7 nitrogen and oxygen atoms in total. The van der Waals surface area contributed by atoms with Gasteiger partial charge in [-0.1, -0.05) is 0 Å². The number of rotatable bonds is 3. The van der Waals surface area contributed by atoms with Crippen molar-refractivity contribution in [1.29, 1.82) is 0 Å². The van der Waals surface area contributed by atoms with E-state index in [4.69, 9.17) is 0 Å². The maximum absolute atomic E-state index is 11.3. The molecule has 0 aliphatic rings. The quantitative estimate of drug-likeness (QED) is 0.710. The van der Waals surface area contributed by atoms with Gasteiger partial charge in [0.15, 0.2) is 0 Å². The van der Waals surface area contributed by atoms with E-state index in [1.165, 1.54) is 30.5 Å². The van der Waals surface area contributed by atoms with Crippen molar-refractivity contribution >= 4 is 39.3 Å². The van der Waals surface area contributed by atoms with Crippen LogP contribution in [0.1, 0.15) is 15.2 Å². The minimum Gasteiger partial charge on any atom is -0.477 e. The first-order valence-corrected chi connectivity index (χ1v) is 7.39. The third kappa shape index (κ3) is 2.52. The van der Waals surface area contributed by atoms with Crippen LogP contribution in [0.15, 0.2) is 33.6 Å². The number of aromatic nitrogens is 4. The topological polar surface area (TPSA) is 109 Å². The summed E-state index contributed by atoms with van der Waals surface area (Å²) in [4.78, 5) is 38.1. The van der Waals surface area contributed by atoms with Crippen LogP contribution in [0.25, 0.3) is 10.2 Å². The van der Waals surface area contributed by atoms with Crippen LogP contribution in [0.5, 0.6) is 0 Å². The summed E-state index contributed by atoms with van der Waals surface area (Å²) >= 11 is 2.31. The lowest BCUT2D eigenvalue weighted by atomic mass is 10.2. The molecule has 0 radical (unpaired) electrons. The summed E-state index contributed by atoms with van der Waals surface area (Å²) in [7, 11) is 0. The number of hydrogen-bond donors (Lipinski definition) is 2. The Morgan fingerprint density at radius 2 is 2.19 bits per heavy atom. The van der Waals surface area contributed by atoms with Crippen LogP contribution in [0, 0.1) is 6.92 Å². The summed E-state index contributed by atoms with van der Waals surface area (Å²) in [6, 6.07) is 1.36. The Balaban J connectivity index is 2.14. The number of aryl methyl sites for hydroxylation is 1. The number of fused-ring (bicyclic) bond motifs is 1. The Kier molecular flexibility index (Phi) is 3.43.